The van der Waals surface area contributed by atoms with Crippen LogP contribution >= 0.6 is 11.3 Å². The van der Waals surface area contributed by atoms with Gasteiger partial charge in [-0.25, -0.2) is 4.98 Å². The van der Waals surface area contributed by atoms with Crippen molar-refractivity contribution in [2.45, 2.75) is 33.0 Å². The molecule has 7 heteroatoms. The maximum atomic E-state index is 12.3. The fourth-order valence-electron chi connectivity index (χ4n) is 1.29. The lowest BCUT2D eigenvalue weighted by molar-refractivity contribution is -0.143. The molecule has 1 aromatic heterocycles. The maximum absolute atomic E-state index is 12.3. The van der Waals surface area contributed by atoms with Crippen LogP contribution in [-0.2, 0) is 0 Å². The number of carbonyl (C=O) groups excluding carboxylic acids is 1. The number of rotatable bonds is 3. The van der Waals surface area contributed by atoms with Gasteiger partial charge in [-0.3, -0.25) is 4.79 Å². The van der Waals surface area contributed by atoms with E-state index in [-0.39, 0.29) is 5.69 Å². The van der Waals surface area contributed by atoms with Crippen molar-refractivity contribution in [2.75, 3.05) is 6.54 Å². The lowest BCUT2D eigenvalue weighted by Crippen LogP contribution is -2.43. The summed E-state index contributed by atoms with van der Waals surface area (Å²) >= 11 is 1.24. The Balaban J connectivity index is 2.88. The minimum Gasteiger partial charge on any atom is -0.326 e. The van der Waals surface area contributed by atoms with Crippen molar-refractivity contribution in [2.24, 2.45) is 0 Å². The molecular weight excluding hydrogens is 253 g/mol. The molecule has 0 unspecified atom stereocenters. The van der Waals surface area contributed by atoms with E-state index in [1.54, 1.807) is 20.8 Å². The van der Waals surface area contributed by atoms with Gasteiger partial charge < -0.3 is 4.90 Å². The normalized spacial score (nSPS) is 11.9. The summed E-state index contributed by atoms with van der Waals surface area (Å²) in [5.41, 5.74) is 0.0745. The first-order chi connectivity index (χ1) is 7.70. The molecule has 0 fully saturated rings. The van der Waals surface area contributed by atoms with E-state index in [1.165, 1.54) is 16.7 Å². The highest BCUT2D eigenvalue weighted by Crippen LogP contribution is 2.20. The molecule has 3 nitrogen and oxygen atoms in total. The van der Waals surface area contributed by atoms with E-state index in [9.17, 15) is 18.0 Å². The molecule has 1 rings (SSSR count). The van der Waals surface area contributed by atoms with Gasteiger partial charge in [-0.05, 0) is 20.8 Å². The lowest BCUT2D eigenvalue weighted by Gasteiger charge is -2.26. The van der Waals surface area contributed by atoms with Crippen LogP contribution in [0.15, 0.2) is 5.38 Å². The van der Waals surface area contributed by atoms with Gasteiger partial charge in [0, 0.05) is 11.4 Å². The summed E-state index contributed by atoms with van der Waals surface area (Å²) in [6, 6.07) is -0.522. The molecule has 0 saturated heterocycles. The molecule has 0 aliphatic heterocycles. The van der Waals surface area contributed by atoms with Crippen molar-refractivity contribution in [1.29, 1.82) is 0 Å². The summed E-state index contributed by atoms with van der Waals surface area (Å²) in [4.78, 5) is 16.5. The molecule has 0 radical (unpaired) electrons. The van der Waals surface area contributed by atoms with Crippen molar-refractivity contribution < 1.29 is 18.0 Å². The SMILES string of the molecule is Cc1nc(C(=O)N(CC(F)(F)F)C(C)C)cs1. The van der Waals surface area contributed by atoms with Crippen molar-refractivity contribution in [3.05, 3.63) is 16.1 Å². The van der Waals surface area contributed by atoms with Gasteiger partial charge in [0.2, 0.25) is 0 Å². The quantitative estimate of drug-likeness (QED) is 0.842. The van der Waals surface area contributed by atoms with Gasteiger partial charge in [0.15, 0.2) is 0 Å². The van der Waals surface area contributed by atoms with Gasteiger partial charge in [0.05, 0.1) is 5.01 Å². The molecule has 0 aromatic carbocycles. The largest absolute Gasteiger partial charge is 0.406 e. The molecule has 1 amide bonds. The zero-order valence-electron chi connectivity index (χ0n) is 9.71. The number of hydrogen-bond donors (Lipinski definition) is 0. The number of carbonyl (C=O) groups is 1. The minimum atomic E-state index is -4.40. The molecule has 0 N–H and O–H groups in total. The summed E-state index contributed by atoms with van der Waals surface area (Å²) in [7, 11) is 0. The molecule has 17 heavy (non-hydrogen) atoms. The van der Waals surface area contributed by atoms with E-state index in [0.29, 0.717) is 5.01 Å². The van der Waals surface area contributed by atoms with Crippen LogP contribution in [0, 0.1) is 6.92 Å². The van der Waals surface area contributed by atoms with E-state index in [0.717, 1.165) is 4.90 Å². The number of thiazole rings is 1. The second kappa shape index (κ2) is 5.03. The van der Waals surface area contributed by atoms with Gasteiger partial charge in [0.25, 0.3) is 5.91 Å². The fourth-order valence-corrected chi connectivity index (χ4v) is 1.88. The second-order valence-corrected chi connectivity index (χ2v) is 4.96. The Hall–Kier alpha value is -1.11. The molecule has 1 heterocycles. The number of aromatic nitrogens is 1. The van der Waals surface area contributed by atoms with Crippen LogP contribution in [0.2, 0.25) is 0 Å². The summed E-state index contributed by atoms with van der Waals surface area (Å²) in [5.74, 6) is -0.679. The van der Waals surface area contributed by atoms with E-state index >= 15 is 0 Å². The highest BCUT2D eigenvalue weighted by molar-refractivity contribution is 7.09. The number of alkyl halides is 3. The van der Waals surface area contributed by atoms with Crippen LogP contribution < -0.4 is 0 Å². The number of halogens is 3. The van der Waals surface area contributed by atoms with Gasteiger partial charge in [-0.2, -0.15) is 13.2 Å². The Morgan fingerprint density at radius 3 is 2.47 bits per heavy atom. The highest BCUT2D eigenvalue weighted by Gasteiger charge is 2.35. The van der Waals surface area contributed by atoms with E-state index in [1.807, 2.05) is 0 Å². The van der Waals surface area contributed by atoms with Crippen LogP contribution in [0.1, 0.15) is 29.3 Å². The molecule has 0 bridgehead atoms. The van der Waals surface area contributed by atoms with Crippen molar-refractivity contribution in [3.63, 3.8) is 0 Å². The Kier molecular flexibility index (Phi) is 4.13. The monoisotopic (exact) mass is 266 g/mol. The van der Waals surface area contributed by atoms with Crippen molar-refractivity contribution >= 4 is 17.2 Å². The number of hydrogen-bond acceptors (Lipinski definition) is 3. The van der Waals surface area contributed by atoms with Crippen molar-refractivity contribution in [1.82, 2.24) is 9.88 Å². The second-order valence-electron chi connectivity index (χ2n) is 3.89. The van der Waals surface area contributed by atoms with Gasteiger partial charge >= 0.3 is 6.18 Å². The summed E-state index contributed by atoms with van der Waals surface area (Å²) in [5, 5.41) is 2.13. The Labute approximate surface area is 101 Å². The van der Waals surface area contributed by atoms with Crippen LogP contribution in [0.5, 0.6) is 0 Å². The van der Waals surface area contributed by atoms with E-state index < -0.39 is 24.7 Å². The van der Waals surface area contributed by atoms with Gasteiger partial charge in [0.1, 0.15) is 12.2 Å². The average molecular weight is 266 g/mol. The third kappa shape index (κ3) is 3.99. The Morgan fingerprint density at radius 1 is 1.53 bits per heavy atom. The lowest BCUT2D eigenvalue weighted by atomic mass is 10.3. The minimum absolute atomic E-state index is 0.0745. The molecule has 0 saturated carbocycles. The van der Waals surface area contributed by atoms with Gasteiger partial charge in [-0.1, -0.05) is 0 Å². The molecule has 0 atom stereocenters. The zero-order chi connectivity index (χ0) is 13.2. The first kappa shape index (κ1) is 14.0. The Bertz CT molecular complexity index is 401. The highest BCUT2D eigenvalue weighted by atomic mass is 32.1. The Morgan fingerprint density at radius 2 is 2.12 bits per heavy atom. The van der Waals surface area contributed by atoms with Crippen LogP contribution in [0.3, 0.4) is 0 Å². The average Bonchev–Trinajstić information content (AvgIpc) is 2.58. The molecular formula is C10H13F3N2OS. The third-order valence-corrected chi connectivity index (χ3v) is 2.85. The predicted octanol–water partition coefficient (Wildman–Crippen LogP) is 2.86. The van der Waals surface area contributed by atoms with E-state index in [4.69, 9.17) is 0 Å². The molecule has 0 aliphatic rings. The zero-order valence-corrected chi connectivity index (χ0v) is 10.5. The predicted molar refractivity (Wildman–Crippen MR) is 59.1 cm³/mol. The molecule has 0 spiro atoms. The molecule has 0 aliphatic carbocycles. The van der Waals surface area contributed by atoms with Crippen molar-refractivity contribution in [3.8, 4) is 0 Å². The summed E-state index contributed by atoms with van der Waals surface area (Å²) < 4.78 is 37.0. The van der Waals surface area contributed by atoms with Crippen LogP contribution in [0.25, 0.3) is 0 Å². The first-order valence-electron chi connectivity index (χ1n) is 5.00. The molecule has 96 valence electrons. The smallest absolute Gasteiger partial charge is 0.326 e. The van der Waals surface area contributed by atoms with E-state index in [2.05, 4.69) is 4.98 Å². The topological polar surface area (TPSA) is 33.2 Å². The number of amides is 1. The molecule has 1 aromatic rings. The third-order valence-electron chi connectivity index (χ3n) is 2.07. The number of aryl methyl sites for hydroxylation is 1. The van der Waals surface area contributed by atoms with Crippen LogP contribution in [0.4, 0.5) is 13.2 Å². The summed E-state index contributed by atoms with van der Waals surface area (Å²) in [6.45, 7) is 3.54. The first-order valence-corrected chi connectivity index (χ1v) is 5.88. The number of nitrogens with zero attached hydrogens (tertiary/aromatic N) is 2. The standard InChI is InChI=1S/C10H13F3N2OS/c1-6(2)15(5-10(11,12)13)9(16)8-4-17-7(3)14-8/h4,6H,5H2,1-3H3. The van der Waals surface area contributed by atoms with Gasteiger partial charge in [-0.15, -0.1) is 11.3 Å². The van der Waals surface area contributed by atoms with Crippen LogP contribution in [-0.4, -0.2) is 34.6 Å². The summed E-state index contributed by atoms with van der Waals surface area (Å²) in [6.07, 6.45) is -4.40. The fraction of sp³-hybridized carbons (Fsp3) is 0.600. The maximum Gasteiger partial charge on any atom is 0.406 e.